The van der Waals surface area contributed by atoms with Crippen molar-refractivity contribution in [3.8, 4) is 0 Å². The zero-order valence-electron chi connectivity index (χ0n) is 11.4. The van der Waals surface area contributed by atoms with E-state index in [4.69, 9.17) is 5.11 Å². The summed E-state index contributed by atoms with van der Waals surface area (Å²) in [7, 11) is 0. The highest BCUT2D eigenvalue weighted by Crippen LogP contribution is 2.10. The summed E-state index contributed by atoms with van der Waals surface area (Å²) in [6, 6.07) is 4.52. The van der Waals surface area contributed by atoms with E-state index in [1.165, 1.54) is 0 Å². The molecule has 1 atom stereocenters. The van der Waals surface area contributed by atoms with Crippen molar-refractivity contribution in [2.75, 3.05) is 12.0 Å². The molecule has 1 amide bonds. The van der Waals surface area contributed by atoms with Gasteiger partial charge in [0, 0.05) is 5.56 Å². The fourth-order valence-corrected chi connectivity index (χ4v) is 2.09. The van der Waals surface area contributed by atoms with E-state index in [-0.39, 0.29) is 5.91 Å². The SMILES string of the molecule is CSCC[C@@H](NC(=O)c1ccc(C)c(C)c1)C(=O)O. The van der Waals surface area contributed by atoms with Gasteiger partial charge in [-0.05, 0) is 55.5 Å². The van der Waals surface area contributed by atoms with Gasteiger partial charge in [0.15, 0.2) is 0 Å². The number of carboxylic acid groups (broad SMARTS) is 1. The number of amides is 1. The van der Waals surface area contributed by atoms with E-state index in [1.807, 2.05) is 26.2 Å². The Hall–Kier alpha value is -1.49. The topological polar surface area (TPSA) is 66.4 Å². The van der Waals surface area contributed by atoms with E-state index >= 15 is 0 Å². The fourth-order valence-electron chi connectivity index (χ4n) is 1.62. The molecule has 0 fully saturated rings. The maximum Gasteiger partial charge on any atom is 0.326 e. The van der Waals surface area contributed by atoms with Gasteiger partial charge in [-0.3, -0.25) is 4.79 Å². The highest BCUT2D eigenvalue weighted by molar-refractivity contribution is 7.98. The molecule has 0 saturated carbocycles. The third-order valence-electron chi connectivity index (χ3n) is 2.98. The number of benzene rings is 1. The molecule has 0 spiro atoms. The summed E-state index contributed by atoms with van der Waals surface area (Å²) in [4.78, 5) is 23.1. The maximum absolute atomic E-state index is 12.0. The molecular weight excluding hydrogens is 262 g/mol. The molecule has 1 rings (SSSR count). The van der Waals surface area contributed by atoms with Crippen LogP contribution in [-0.2, 0) is 4.79 Å². The number of thioether (sulfide) groups is 1. The van der Waals surface area contributed by atoms with Crippen LogP contribution < -0.4 is 5.32 Å². The highest BCUT2D eigenvalue weighted by atomic mass is 32.2. The summed E-state index contributed by atoms with van der Waals surface area (Å²) in [6.07, 6.45) is 2.33. The molecule has 5 heteroatoms. The fraction of sp³-hybridized carbons (Fsp3) is 0.429. The molecule has 0 bridgehead atoms. The third-order valence-corrected chi connectivity index (χ3v) is 3.63. The monoisotopic (exact) mass is 281 g/mol. The molecule has 19 heavy (non-hydrogen) atoms. The number of carbonyl (C=O) groups excluding carboxylic acids is 1. The van der Waals surface area contributed by atoms with Crippen molar-refractivity contribution in [3.05, 3.63) is 34.9 Å². The summed E-state index contributed by atoms with van der Waals surface area (Å²) < 4.78 is 0. The molecule has 4 nitrogen and oxygen atoms in total. The Morgan fingerprint density at radius 3 is 2.53 bits per heavy atom. The number of carbonyl (C=O) groups is 2. The maximum atomic E-state index is 12.0. The van der Waals surface area contributed by atoms with Gasteiger partial charge >= 0.3 is 5.97 Å². The molecule has 0 heterocycles. The van der Waals surface area contributed by atoms with Crippen LogP contribution in [0.5, 0.6) is 0 Å². The number of hydrogen-bond donors (Lipinski definition) is 2. The third kappa shape index (κ3) is 4.59. The Morgan fingerprint density at radius 1 is 1.32 bits per heavy atom. The zero-order valence-corrected chi connectivity index (χ0v) is 12.2. The van der Waals surface area contributed by atoms with Gasteiger partial charge in [0.2, 0.25) is 0 Å². The summed E-state index contributed by atoms with van der Waals surface area (Å²) in [5, 5.41) is 11.6. The number of aliphatic carboxylic acids is 1. The first-order valence-electron chi connectivity index (χ1n) is 6.05. The predicted octanol–water partition coefficient (Wildman–Crippen LogP) is 2.24. The van der Waals surface area contributed by atoms with Crippen LogP contribution in [0, 0.1) is 13.8 Å². The average molecular weight is 281 g/mol. The van der Waals surface area contributed by atoms with E-state index < -0.39 is 12.0 Å². The van der Waals surface area contributed by atoms with E-state index in [1.54, 1.807) is 23.9 Å². The van der Waals surface area contributed by atoms with Crippen LogP contribution in [0.25, 0.3) is 0 Å². The molecule has 1 aromatic rings. The van der Waals surface area contributed by atoms with Gasteiger partial charge in [-0.15, -0.1) is 0 Å². The largest absolute Gasteiger partial charge is 0.480 e. The van der Waals surface area contributed by atoms with Crippen molar-refractivity contribution in [3.63, 3.8) is 0 Å². The minimum atomic E-state index is -0.994. The number of nitrogens with one attached hydrogen (secondary N) is 1. The quantitative estimate of drug-likeness (QED) is 0.839. The smallest absolute Gasteiger partial charge is 0.326 e. The first-order chi connectivity index (χ1) is 8.95. The van der Waals surface area contributed by atoms with Crippen LogP contribution in [0.4, 0.5) is 0 Å². The normalized spacial score (nSPS) is 11.9. The van der Waals surface area contributed by atoms with Crippen molar-refractivity contribution in [1.29, 1.82) is 0 Å². The second-order valence-corrected chi connectivity index (χ2v) is 5.43. The van der Waals surface area contributed by atoms with Gasteiger partial charge in [-0.25, -0.2) is 4.79 Å². The molecule has 2 N–H and O–H groups in total. The minimum Gasteiger partial charge on any atom is -0.480 e. The van der Waals surface area contributed by atoms with Gasteiger partial charge in [0.25, 0.3) is 5.91 Å². The predicted molar refractivity (Wildman–Crippen MR) is 77.8 cm³/mol. The molecule has 0 aromatic heterocycles. The van der Waals surface area contributed by atoms with Crippen molar-refractivity contribution >= 4 is 23.6 Å². The van der Waals surface area contributed by atoms with E-state index in [0.717, 1.165) is 11.1 Å². The molecule has 0 aliphatic heterocycles. The number of aryl methyl sites for hydroxylation is 2. The lowest BCUT2D eigenvalue weighted by atomic mass is 10.1. The van der Waals surface area contributed by atoms with Gasteiger partial charge in [0.05, 0.1) is 0 Å². The molecule has 0 aliphatic rings. The molecule has 0 unspecified atom stereocenters. The van der Waals surface area contributed by atoms with Gasteiger partial charge in [-0.2, -0.15) is 11.8 Å². The Labute approximate surface area is 117 Å². The first kappa shape index (κ1) is 15.6. The number of carboxylic acids is 1. The number of rotatable bonds is 6. The van der Waals surface area contributed by atoms with E-state index in [9.17, 15) is 9.59 Å². The molecule has 0 radical (unpaired) electrons. The van der Waals surface area contributed by atoms with Crippen LogP contribution in [-0.4, -0.2) is 35.0 Å². The standard InChI is InChI=1S/C14H19NO3S/c1-9-4-5-11(8-10(9)2)13(16)15-12(14(17)18)6-7-19-3/h4-5,8,12H,6-7H2,1-3H3,(H,15,16)(H,17,18)/t12-/m1/s1. The zero-order chi connectivity index (χ0) is 14.4. The molecule has 1 aromatic carbocycles. The molecular formula is C14H19NO3S. The molecule has 104 valence electrons. The van der Waals surface area contributed by atoms with Crippen LogP contribution >= 0.6 is 11.8 Å². The van der Waals surface area contributed by atoms with E-state index in [0.29, 0.717) is 17.7 Å². The lowest BCUT2D eigenvalue weighted by Crippen LogP contribution is -2.41. The summed E-state index contributed by atoms with van der Waals surface area (Å²) >= 11 is 1.56. The van der Waals surface area contributed by atoms with E-state index in [2.05, 4.69) is 5.32 Å². The molecule has 0 aliphatic carbocycles. The lowest BCUT2D eigenvalue weighted by molar-refractivity contribution is -0.139. The second-order valence-electron chi connectivity index (χ2n) is 4.44. The van der Waals surface area contributed by atoms with Crippen LogP contribution in [0.2, 0.25) is 0 Å². The van der Waals surface area contributed by atoms with Crippen molar-refractivity contribution < 1.29 is 14.7 Å². The van der Waals surface area contributed by atoms with Gasteiger partial charge in [-0.1, -0.05) is 6.07 Å². The Balaban J connectivity index is 2.75. The number of hydrogen-bond acceptors (Lipinski definition) is 3. The van der Waals surface area contributed by atoms with Gasteiger partial charge < -0.3 is 10.4 Å². The van der Waals surface area contributed by atoms with Crippen molar-refractivity contribution in [2.24, 2.45) is 0 Å². The highest BCUT2D eigenvalue weighted by Gasteiger charge is 2.20. The summed E-state index contributed by atoms with van der Waals surface area (Å²) in [5.41, 5.74) is 2.62. The average Bonchev–Trinajstić information content (AvgIpc) is 2.37. The van der Waals surface area contributed by atoms with Crippen molar-refractivity contribution in [1.82, 2.24) is 5.32 Å². The Kier molecular flexibility index (Phi) is 5.89. The van der Waals surface area contributed by atoms with Crippen LogP contribution in [0.15, 0.2) is 18.2 Å². The lowest BCUT2D eigenvalue weighted by Gasteiger charge is -2.14. The van der Waals surface area contributed by atoms with Gasteiger partial charge in [0.1, 0.15) is 6.04 Å². The van der Waals surface area contributed by atoms with Crippen LogP contribution in [0.3, 0.4) is 0 Å². The van der Waals surface area contributed by atoms with Crippen molar-refractivity contribution in [2.45, 2.75) is 26.3 Å². The summed E-state index contributed by atoms with van der Waals surface area (Å²) in [6.45, 7) is 3.89. The first-order valence-corrected chi connectivity index (χ1v) is 7.45. The summed E-state index contributed by atoms with van der Waals surface area (Å²) in [5.74, 6) is -0.632. The minimum absolute atomic E-state index is 0.336. The second kappa shape index (κ2) is 7.19. The molecule has 0 saturated heterocycles. The Bertz CT molecular complexity index is 474. The van der Waals surface area contributed by atoms with Crippen LogP contribution in [0.1, 0.15) is 27.9 Å². The Morgan fingerprint density at radius 2 is 2.00 bits per heavy atom.